The van der Waals surface area contributed by atoms with E-state index in [2.05, 4.69) is 9.97 Å². The van der Waals surface area contributed by atoms with Gasteiger partial charge in [-0.15, -0.1) is 0 Å². The summed E-state index contributed by atoms with van der Waals surface area (Å²) in [6.45, 7) is 1.38. The lowest BCUT2D eigenvalue weighted by atomic mass is 10.1. The second kappa shape index (κ2) is 7.41. The number of pyridine rings is 2. The average Bonchev–Trinajstić information content (AvgIpc) is 2.97. The van der Waals surface area contributed by atoms with Crippen molar-refractivity contribution in [3.8, 4) is 11.8 Å². The van der Waals surface area contributed by atoms with Crippen LogP contribution in [0.1, 0.15) is 34.5 Å². The highest BCUT2D eigenvalue weighted by molar-refractivity contribution is 6.30. The average molecular weight is 384 g/mol. The van der Waals surface area contributed by atoms with Gasteiger partial charge in [0.05, 0.1) is 19.7 Å². The fourth-order valence-corrected chi connectivity index (χ4v) is 3.06. The van der Waals surface area contributed by atoms with E-state index >= 15 is 0 Å². The number of amides is 1. The molecule has 1 unspecified atom stereocenters. The molecule has 1 aliphatic heterocycles. The second-order valence-corrected chi connectivity index (χ2v) is 6.04. The highest BCUT2D eigenvalue weighted by Gasteiger charge is 2.34. The van der Waals surface area contributed by atoms with Crippen LogP contribution in [-0.4, -0.2) is 40.9 Å². The van der Waals surface area contributed by atoms with E-state index in [-0.39, 0.29) is 23.7 Å². The summed E-state index contributed by atoms with van der Waals surface area (Å²) in [7, 11) is 1.41. The van der Waals surface area contributed by atoms with Crippen molar-refractivity contribution in [1.82, 2.24) is 14.9 Å². The number of nitrogens with zero attached hydrogens (tertiary/aromatic N) is 3. The third kappa shape index (κ3) is 3.41. The lowest BCUT2D eigenvalue weighted by Crippen LogP contribution is -2.27. The molecule has 6 nitrogen and oxygen atoms in total. The van der Waals surface area contributed by atoms with Gasteiger partial charge in [-0.25, -0.2) is 13.8 Å². The molecular weight excluding hydrogens is 368 g/mol. The zero-order chi connectivity index (χ0) is 18.8. The summed E-state index contributed by atoms with van der Waals surface area (Å²) in [6, 6.07) is 4.37. The molecule has 0 spiro atoms. The van der Waals surface area contributed by atoms with Crippen molar-refractivity contribution in [2.75, 3.05) is 13.7 Å². The molecule has 1 atom stereocenters. The van der Waals surface area contributed by atoms with Gasteiger partial charge >= 0.3 is 0 Å². The minimum absolute atomic E-state index is 0.0291. The van der Waals surface area contributed by atoms with Gasteiger partial charge in [-0.3, -0.25) is 4.79 Å². The Labute approximate surface area is 153 Å². The van der Waals surface area contributed by atoms with Crippen LogP contribution < -0.4 is 9.47 Å². The summed E-state index contributed by atoms with van der Waals surface area (Å²) in [5.41, 5.74) is 1.82. The molecule has 138 valence electrons. The number of halogens is 3. The number of methoxy groups -OCH3 is 1. The van der Waals surface area contributed by atoms with Gasteiger partial charge in [-0.2, -0.15) is 4.98 Å². The summed E-state index contributed by atoms with van der Waals surface area (Å²) in [6.07, 6.45) is -1.11. The van der Waals surface area contributed by atoms with E-state index in [1.54, 1.807) is 17.0 Å². The Morgan fingerprint density at radius 3 is 2.77 bits per heavy atom. The van der Waals surface area contributed by atoms with Crippen molar-refractivity contribution in [1.29, 1.82) is 0 Å². The van der Waals surface area contributed by atoms with Gasteiger partial charge in [0.15, 0.2) is 6.61 Å². The normalized spacial score (nSPS) is 14.5. The third-order valence-electron chi connectivity index (χ3n) is 4.16. The molecule has 3 heterocycles. The van der Waals surface area contributed by atoms with Crippen LogP contribution in [0.15, 0.2) is 24.4 Å². The number of carbonyl (C=O) groups excluding carboxylic acids is 1. The first kappa shape index (κ1) is 18.3. The Morgan fingerprint density at radius 1 is 1.35 bits per heavy atom. The molecule has 0 aliphatic carbocycles. The fourth-order valence-electron chi connectivity index (χ4n) is 2.84. The van der Waals surface area contributed by atoms with Gasteiger partial charge in [-0.05, 0) is 19.1 Å². The van der Waals surface area contributed by atoms with Crippen LogP contribution in [0.5, 0.6) is 11.8 Å². The van der Waals surface area contributed by atoms with E-state index in [0.29, 0.717) is 28.4 Å². The first-order chi connectivity index (χ1) is 12.4. The molecular formula is C17H16ClF2N3O3. The molecule has 3 rings (SSSR count). The maximum atomic E-state index is 12.7. The summed E-state index contributed by atoms with van der Waals surface area (Å²) in [4.78, 5) is 22.4. The number of aromatic nitrogens is 2. The SMILES string of the molecule is COc1nc(OCC(F)F)ccc1C(C)N1Cc2c(ccnc2Cl)C1=O. The number of rotatable bonds is 6. The van der Waals surface area contributed by atoms with Crippen LogP contribution in [0.3, 0.4) is 0 Å². The van der Waals surface area contributed by atoms with E-state index < -0.39 is 13.0 Å². The van der Waals surface area contributed by atoms with Crippen LogP contribution in [0, 0.1) is 0 Å². The topological polar surface area (TPSA) is 64.6 Å². The Balaban J connectivity index is 1.85. The van der Waals surface area contributed by atoms with Crippen molar-refractivity contribution in [2.24, 2.45) is 0 Å². The number of alkyl halides is 2. The van der Waals surface area contributed by atoms with Gasteiger partial charge < -0.3 is 14.4 Å². The Bertz CT molecular complexity index is 835. The quantitative estimate of drug-likeness (QED) is 0.714. The van der Waals surface area contributed by atoms with Crippen LogP contribution in [0.25, 0.3) is 0 Å². The number of ether oxygens (including phenoxy) is 2. The zero-order valence-corrected chi connectivity index (χ0v) is 14.8. The Kier molecular flexibility index (Phi) is 5.22. The van der Waals surface area contributed by atoms with Crippen LogP contribution in [0.4, 0.5) is 8.78 Å². The third-order valence-corrected chi connectivity index (χ3v) is 4.48. The lowest BCUT2D eigenvalue weighted by Gasteiger charge is -2.25. The van der Waals surface area contributed by atoms with E-state index in [4.69, 9.17) is 21.1 Å². The highest BCUT2D eigenvalue weighted by Crippen LogP contribution is 2.36. The fraction of sp³-hybridized carbons (Fsp3) is 0.353. The molecule has 1 amide bonds. The van der Waals surface area contributed by atoms with Gasteiger partial charge in [-0.1, -0.05) is 11.6 Å². The molecule has 9 heteroatoms. The molecule has 0 fully saturated rings. The van der Waals surface area contributed by atoms with Gasteiger partial charge in [0.25, 0.3) is 12.3 Å². The number of fused-ring (bicyclic) bond motifs is 1. The molecule has 2 aromatic rings. The first-order valence-corrected chi connectivity index (χ1v) is 8.20. The molecule has 26 heavy (non-hydrogen) atoms. The second-order valence-electron chi connectivity index (χ2n) is 5.69. The molecule has 0 N–H and O–H groups in total. The van der Waals surface area contributed by atoms with Gasteiger partial charge in [0.1, 0.15) is 5.15 Å². The zero-order valence-electron chi connectivity index (χ0n) is 14.1. The monoisotopic (exact) mass is 383 g/mol. The van der Waals surface area contributed by atoms with Crippen molar-refractivity contribution >= 4 is 17.5 Å². The van der Waals surface area contributed by atoms with Gasteiger partial charge in [0.2, 0.25) is 11.8 Å². The number of hydrogen-bond donors (Lipinski definition) is 0. The highest BCUT2D eigenvalue weighted by atomic mass is 35.5. The molecule has 0 saturated carbocycles. The predicted octanol–water partition coefficient (Wildman–Crippen LogP) is 3.50. The van der Waals surface area contributed by atoms with Crippen molar-refractivity contribution < 1.29 is 23.0 Å². The number of hydrogen-bond acceptors (Lipinski definition) is 5. The van der Waals surface area contributed by atoms with Crippen molar-refractivity contribution in [2.45, 2.75) is 25.9 Å². The van der Waals surface area contributed by atoms with Crippen LogP contribution in [-0.2, 0) is 6.54 Å². The van der Waals surface area contributed by atoms with E-state index in [1.165, 1.54) is 19.4 Å². The molecule has 1 aliphatic rings. The molecule has 0 radical (unpaired) electrons. The van der Waals surface area contributed by atoms with Crippen molar-refractivity contribution in [3.63, 3.8) is 0 Å². The standard InChI is InChI=1S/C17H16ClF2N3O3/c1-9(23-7-12-11(17(23)24)5-6-21-15(12)18)10-3-4-14(22-16(10)25-2)26-8-13(19)20/h3-6,9,13H,7-8H2,1-2H3. The number of carbonyl (C=O) groups is 1. The predicted molar refractivity (Wildman–Crippen MR) is 89.8 cm³/mol. The summed E-state index contributed by atoms with van der Waals surface area (Å²) >= 11 is 6.09. The maximum absolute atomic E-state index is 12.7. The first-order valence-electron chi connectivity index (χ1n) is 7.82. The largest absolute Gasteiger partial charge is 0.481 e. The summed E-state index contributed by atoms with van der Waals surface area (Å²) in [5, 5.41) is 0.298. The Hall–Kier alpha value is -2.48. The van der Waals surface area contributed by atoms with Crippen molar-refractivity contribution in [3.05, 3.63) is 46.2 Å². The van der Waals surface area contributed by atoms with Crippen LogP contribution >= 0.6 is 11.6 Å². The van der Waals surface area contributed by atoms with Crippen LogP contribution in [0.2, 0.25) is 5.15 Å². The molecule has 0 saturated heterocycles. The minimum atomic E-state index is -2.60. The molecule has 0 bridgehead atoms. The molecule has 2 aromatic heterocycles. The summed E-state index contributed by atoms with van der Waals surface area (Å²) < 4.78 is 34.7. The minimum Gasteiger partial charge on any atom is -0.481 e. The van der Waals surface area contributed by atoms with Gasteiger partial charge in [0, 0.05) is 29.0 Å². The lowest BCUT2D eigenvalue weighted by molar-refractivity contribution is 0.0710. The van der Waals surface area contributed by atoms with E-state index in [1.807, 2.05) is 6.92 Å². The maximum Gasteiger partial charge on any atom is 0.272 e. The summed E-state index contributed by atoms with van der Waals surface area (Å²) in [5.74, 6) is 0.0653. The smallest absolute Gasteiger partial charge is 0.272 e. The molecule has 0 aromatic carbocycles. The Morgan fingerprint density at radius 2 is 2.12 bits per heavy atom. The van der Waals surface area contributed by atoms with E-state index in [9.17, 15) is 13.6 Å². The van der Waals surface area contributed by atoms with E-state index in [0.717, 1.165) is 0 Å².